The maximum absolute atomic E-state index is 6.03. The van der Waals surface area contributed by atoms with E-state index >= 15 is 0 Å². The third kappa shape index (κ3) is 2.78. The third-order valence-corrected chi connectivity index (χ3v) is 3.72. The second-order valence-electron chi connectivity index (χ2n) is 5.06. The highest BCUT2D eigenvalue weighted by molar-refractivity contribution is 6.30. The van der Waals surface area contributed by atoms with Crippen molar-refractivity contribution in [3.63, 3.8) is 0 Å². The van der Waals surface area contributed by atoms with Crippen LogP contribution >= 0.6 is 11.6 Å². The molecule has 0 bridgehead atoms. The molecule has 1 aromatic carbocycles. The van der Waals surface area contributed by atoms with Crippen molar-refractivity contribution in [2.45, 2.75) is 38.6 Å². The second-order valence-corrected chi connectivity index (χ2v) is 5.50. The second kappa shape index (κ2) is 5.20. The molecule has 1 aliphatic carbocycles. The molecule has 1 saturated carbocycles. The molecule has 0 spiro atoms. The minimum absolute atomic E-state index is 0.584. The van der Waals surface area contributed by atoms with Crippen LogP contribution in [0.3, 0.4) is 0 Å². The van der Waals surface area contributed by atoms with Gasteiger partial charge in [-0.15, -0.1) is 0 Å². The summed E-state index contributed by atoms with van der Waals surface area (Å²) in [5.74, 6) is 1.51. The first-order chi connectivity index (χ1) is 7.66. The fourth-order valence-corrected chi connectivity index (χ4v) is 2.58. The van der Waals surface area contributed by atoms with Crippen LogP contribution in [0.1, 0.15) is 38.2 Å². The van der Waals surface area contributed by atoms with Crippen LogP contribution in [0.4, 0.5) is 0 Å². The Morgan fingerprint density at radius 3 is 2.75 bits per heavy atom. The zero-order valence-corrected chi connectivity index (χ0v) is 10.8. The van der Waals surface area contributed by atoms with Gasteiger partial charge in [-0.2, -0.15) is 0 Å². The molecule has 0 radical (unpaired) electrons. The van der Waals surface area contributed by atoms with E-state index < -0.39 is 0 Å². The van der Waals surface area contributed by atoms with Gasteiger partial charge in [0.2, 0.25) is 0 Å². The van der Waals surface area contributed by atoms with E-state index in [0.29, 0.717) is 12.0 Å². The number of benzene rings is 1. The third-order valence-electron chi connectivity index (χ3n) is 3.48. The summed E-state index contributed by atoms with van der Waals surface area (Å²) in [6.07, 6.45) is 2.65. The van der Waals surface area contributed by atoms with Crippen LogP contribution in [0.5, 0.6) is 0 Å². The van der Waals surface area contributed by atoms with Gasteiger partial charge >= 0.3 is 0 Å². The molecule has 16 heavy (non-hydrogen) atoms. The van der Waals surface area contributed by atoms with Crippen LogP contribution in [0.25, 0.3) is 0 Å². The minimum Gasteiger partial charge on any atom is -0.314 e. The Labute approximate surface area is 103 Å². The van der Waals surface area contributed by atoms with Crippen LogP contribution in [-0.2, 0) is 0 Å². The molecule has 0 aromatic heterocycles. The van der Waals surface area contributed by atoms with E-state index in [0.717, 1.165) is 17.5 Å². The van der Waals surface area contributed by atoms with Crippen molar-refractivity contribution >= 4 is 11.6 Å². The quantitative estimate of drug-likeness (QED) is 0.839. The van der Waals surface area contributed by atoms with Crippen LogP contribution < -0.4 is 5.32 Å². The monoisotopic (exact) mass is 237 g/mol. The number of hydrogen-bond acceptors (Lipinski definition) is 1. The van der Waals surface area contributed by atoms with Crippen molar-refractivity contribution in [1.29, 1.82) is 0 Å². The number of rotatable bonds is 4. The zero-order valence-electron chi connectivity index (χ0n) is 10.0. The Bertz CT molecular complexity index is 348. The Balaban J connectivity index is 1.95. The van der Waals surface area contributed by atoms with Gasteiger partial charge in [-0.1, -0.05) is 37.6 Å². The summed E-state index contributed by atoms with van der Waals surface area (Å²) in [7, 11) is 0. The van der Waals surface area contributed by atoms with Gasteiger partial charge in [0, 0.05) is 11.1 Å². The molecule has 0 aliphatic heterocycles. The molecule has 1 aliphatic rings. The molecule has 1 N–H and O–H groups in total. The molecule has 1 aromatic rings. The first kappa shape index (κ1) is 11.9. The SMILES string of the molecule is CC(C)NCC1CCC1c1cccc(Cl)c1. The fourth-order valence-electron chi connectivity index (χ4n) is 2.38. The first-order valence-electron chi connectivity index (χ1n) is 6.15. The van der Waals surface area contributed by atoms with Gasteiger partial charge < -0.3 is 5.32 Å². The van der Waals surface area contributed by atoms with Gasteiger partial charge in [0.1, 0.15) is 0 Å². The van der Waals surface area contributed by atoms with Crippen LogP contribution in [0.2, 0.25) is 5.02 Å². The van der Waals surface area contributed by atoms with Crippen LogP contribution in [0.15, 0.2) is 24.3 Å². The summed E-state index contributed by atoms with van der Waals surface area (Å²) in [4.78, 5) is 0. The Hall–Kier alpha value is -0.530. The van der Waals surface area contributed by atoms with E-state index in [-0.39, 0.29) is 0 Å². The summed E-state index contributed by atoms with van der Waals surface area (Å²) in [6, 6.07) is 8.92. The van der Waals surface area contributed by atoms with Crippen molar-refractivity contribution in [3.8, 4) is 0 Å². The van der Waals surface area contributed by atoms with E-state index in [1.165, 1.54) is 18.4 Å². The molecule has 88 valence electrons. The van der Waals surface area contributed by atoms with Crippen LogP contribution in [-0.4, -0.2) is 12.6 Å². The van der Waals surface area contributed by atoms with Gasteiger partial charge in [-0.3, -0.25) is 0 Å². The Kier molecular flexibility index (Phi) is 3.88. The lowest BCUT2D eigenvalue weighted by Crippen LogP contribution is -2.36. The summed E-state index contributed by atoms with van der Waals surface area (Å²) >= 11 is 6.03. The van der Waals surface area contributed by atoms with E-state index in [2.05, 4.69) is 37.4 Å². The van der Waals surface area contributed by atoms with Gasteiger partial charge in [-0.25, -0.2) is 0 Å². The smallest absolute Gasteiger partial charge is 0.0408 e. The lowest BCUT2D eigenvalue weighted by molar-refractivity contribution is 0.241. The van der Waals surface area contributed by atoms with Crippen molar-refractivity contribution < 1.29 is 0 Å². The molecule has 0 heterocycles. The lowest BCUT2D eigenvalue weighted by atomic mass is 9.70. The largest absolute Gasteiger partial charge is 0.314 e. The molecule has 2 atom stereocenters. The summed E-state index contributed by atoms with van der Waals surface area (Å²) in [5, 5.41) is 4.39. The summed E-state index contributed by atoms with van der Waals surface area (Å²) in [5.41, 5.74) is 1.41. The molecule has 0 saturated heterocycles. The normalized spacial score (nSPS) is 24.5. The highest BCUT2D eigenvalue weighted by Crippen LogP contribution is 2.42. The number of hydrogen-bond donors (Lipinski definition) is 1. The summed E-state index contributed by atoms with van der Waals surface area (Å²) < 4.78 is 0. The molecule has 2 rings (SSSR count). The van der Waals surface area contributed by atoms with Gasteiger partial charge in [0.25, 0.3) is 0 Å². The molecular weight excluding hydrogens is 218 g/mol. The predicted octanol–water partition coefficient (Wildman–Crippen LogP) is 3.83. The van der Waals surface area contributed by atoms with E-state index in [9.17, 15) is 0 Å². The lowest BCUT2D eigenvalue weighted by Gasteiger charge is -2.37. The minimum atomic E-state index is 0.584. The predicted molar refractivity (Wildman–Crippen MR) is 70.1 cm³/mol. The highest BCUT2D eigenvalue weighted by atomic mass is 35.5. The Morgan fingerprint density at radius 2 is 2.19 bits per heavy atom. The van der Waals surface area contributed by atoms with Gasteiger partial charge in [0.05, 0.1) is 0 Å². The standard InChI is InChI=1S/C14H20ClN/c1-10(2)16-9-12-6-7-14(12)11-4-3-5-13(15)8-11/h3-5,8,10,12,14,16H,6-7,9H2,1-2H3. The van der Waals surface area contributed by atoms with Gasteiger partial charge in [-0.05, 0) is 48.9 Å². The van der Waals surface area contributed by atoms with E-state index in [1.807, 2.05) is 6.07 Å². The van der Waals surface area contributed by atoms with Crippen molar-refractivity contribution in [2.24, 2.45) is 5.92 Å². The molecular formula is C14H20ClN. The van der Waals surface area contributed by atoms with Crippen molar-refractivity contribution in [2.75, 3.05) is 6.54 Å². The maximum Gasteiger partial charge on any atom is 0.0408 e. The Morgan fingerprint density at radius 1 is 1.38 bits per heavy atom. The molecule has 2 unspecified atom stereocenters. The average molecular weight is 238 g/mol. The maximum atomic E-state index is 6.03. The zero-order chi connectivity index (χ0) is 11.5. The topological polar surface area (TPSA) is 12.0 Å². The fraction of sp³-hybridized carbons (Fsp3) is 0.571. The first-order valence-corrected chi connectivity index (χ1v) is 6.53. The van der Waals surface area contributed by atoms with Crippen LogP contribution in [0, 0.1) is 5.92 Å². The van der Waals surface area contributed by atoms with Crippen molar-refractivity contribution in [1.82, 2.24) is 5.32 Å². The summed E-state index contributed by atoms with van der Waals surface area (Å²) in [6.45, 7) is 5.54. The molecule has 2 heteroatoms. The number of halogens is 1. The van der Waals surface area contributed by atoms with E-state index in [1.54, 1.807) is 0 Å². The average Bonchev–Trinajstić information content (AvgIpc) is 2.15. The van der Waals surface area contributed by atoms with E-state index in [4.69, 9.17) is 11.6 Å². The molecule has 1 nitrogen and oxygen atoms in total. The van der Waals surface area contributed by atoms with Gasteiger partial charge in [0.15, 0.2) is 0 Å². The van der Waals surface area contributed by atoms with Crippen molar-refractivity contribution in [3.05, 3.63) is 34.9 Å². The highest BCUT2D eigenvalue weighted by Gasteiger charge is 2.31. The number of nitrogens with one attached hydrogen (secondary N) is 1. The molecule has 0 amide bonds. The molecule has 1 fully saturated rings.